The van der Waals surface area contributed by atoms with Crippen molar-refractivity contribution in [1.82, 2.24) is 0 Å². The van der Waals surface area contributed by atoms with Gasteiger partial charge in [0.1, 0.15) is 5.57 Å². The standard InChI is InChI=1S/C13H12N2O4/c1-8(17)14-9-2-4-10(5-3-9)15-6-12(18)11(7-16)13(15)19/h2-5,7,16H,6H2,1H3,(H,14,17)/b11-7+. The topological polar surface area (TPSA) is 86.7 Å². The summed E-state index contributed by atoms with van der Waals surface area (Å²) in [4.78, 5) is 35.4. The number of aliphatic hydroxyl groups excluding tert-OH is 1. The summed E-state index contributed by atoms with van der Waals surface area (Å²) in [5.41, 5.74) is 0.919. The molecular formula is C13H12N2O4. The highest BCUT2D eigenvalue weighted by Gasteiger charge is 2.34. The third-order valence-corrected chi connectivity index (χ3v) is 2.71. The highest BCUT2D eigenvalue weighted by Crippen LogP contribution is 2.24. The van der Waals surface area contributed by atoms with Crippen molar-refractivity contribution in [1.29, 1.82) is 0 Å². The number of aliphatic hydroxyl groups is 1. The molecule has 19 heavy (non-hydrogen) atoms. The van der Waals surface area contributed by atoms with Crippen LogP contribution >= 0.6 is 0 Å². The van der Waals surface area contributed by atoms with Gasteiger partial charge in [-0.25, -0.2) is 0 Å². The van der Waals surface area contributed by atoms with Crippen LogP contribution in [0.4, 0.5) is 11.4 Å². The first-order valence-corrected chi connectivity index (χ1v) is 5.60. The van der Waals surface area contributed by atoms with Crippen LogP contribution < -0.4 is 10.2 Å². The Kier molecular flexibility index (Phi) is 3.33. The number of carbonyl (C=O) groups excluding carboxylic acids is 3. The maximum absolute atomic E-state index is 11.8. The molecule has 0 bridgehead atoms. The molecule has 0 spiro atoms. The van der Waals surface area contributed by atoms with E-state index in [0.29, 0.717) is 17.6 Å². The highest BCUT2D eigenvalue weighted by molar-refractivity contribution is 6.31. The van der Waals surface area contributed by atoms with Crippen molar-refractivity contribution in [3.8, 4) is 0 Å². The van der Waals surface area contributed by atoms with Gasteiger partial charge in [0.15, 0.2) is 5.78 Å². The van der Waals surface area contributed by atoms with E-state index in [2.05, 4.69) is 5.32 Å². The molecule has 1 heterocycles. The monoisotopic (exact) mass is 260 g/mol. The second-order valence-corrected chi connectivity index (χ2v) is 4.09. The fourth-order valence-electron chi connectivity index (χ4n) is 1.83. The van der Waals surface area contributed by atoms with Crippen LogP contribution in [-0.4, -0.2) is 29.2 Å². The van der Waals surface area contributed by atoms with Crippen LogP contribution in [0.2, 0.25) is 0 Å². The normalized spacial score (nSPS) is 17.1. The molecule has 1 aliphatic heterocycles. The van der Waals surface area contributed by atoms with Crippen LogP contribution in [0.1, 0.15) is 6.92 Å². The van der Waals surface area contributed by atoms with Gasteiger partial charge in [-0.15, -0.1) is 0 Å². The van der Waals surface area contributed by atoms with Crippen molar-refractivity contribution in [3.63, 3.8) is 0 Å². The molecule has 0 aromatic heterocycles. The molecule has 0 atom stereocenters. The fraction of sp³-hybridized carbons (Fsp3) is 0.154. The maximum atomic E-state index is 11.8. The van der Waals surface area contributed by atoms with E-state index in [4.69, 9.17) is 5.11 Å². The fourth-order valence-corrected chi connectivity index (χ4v) is 1.83. The predicted molar refractivity (Wildman–Crippen MR) is 68.8 cm³/mol. The van der Waals surface area contributed by atoms with Gasteiger partial charge >= 0.3 is 0 Å². The van der Waals surface area contributed by atoms with Gasteiger partial charge in [0, 0.05) is 18.3 Å². The van der Waals surface area contributed by atoms with Crippen LogP contribution in [0.15, 0.2) is 36.1 Å². The zero-order valence-electron chi connectivity index (χ0n) is 10.2. The number of hydrogen-bond acceptors (Lipinski definition) is 4. The summed E-state index contributed by atoms with van der Waals surface area (Å²) >= 11 is 0. The second kappa shape index (κ2) is 4.93. The SMILES string of the molecule is CC(=O)Nc1ccc(N2CC(=O)/C(=C\O)C2=O)cc1. The van der Waals surface area contributed by atoms with E-state index in [9.17, 15) is 14.4 Å². The van der Waals surface area contributed by atoms with Gasteiger partial charge in [-0.3, -0.25) is 14.4 Å². The van der Waals surface area contributed by atoms with Crippen molar-refractivity contribution >= 4 is 29.0 Å². The van der Waals surface area contributed by atoms with Gasteiger partial charge in [0.05, 0.1) is 12.8 Å². The minimum atomic E-state index is -0.528. The third kappa shape index (κ3) is 2.47. The maximum Gasteiger partial charge on any atom is 0.265 e. The van der Waals surface area contributed by atoms with E-state index in [1.165, 1.54) is 11.8 Å². The van der Waals surface area contributed by atoms with E-state index in [1.54, 1.807) is 24.3 Å². The third-order valence-electron chi connectivity index (χ3n) is 2.71. The molecule has 6 heteroatoms. The quantitative estimate of drug-likeness (QED) is 0.472. The summed E-state index contributed by atoms with van der Waals surface area (Å²) in [7, 11) is 0. The molecule has 2 N–H and O–H groups in total. The lowest BCUT2D eigenvalue weighted by Gasteiger charge is -2.14. The molecule has 1 aliphatic rings. The summed E-state index contributed by atoms with van der Waals surface area (Å²) < 4.78 is 0. The lowest BCUT2D eigenvalue weighted by Crippen LogP contribution is -2.24. The number of nitrogens with one attached hydrogen (secondary N) is 1. The molecule has 0 radical (unpaired) electrons. The van der Waals surface area contributed by atoms with Crippen LogP contribution in [-0.2, 0) is 14.4 Å². The van der Waals surface area contributed by atoms with Gasteiger partial charge in [-0.05, 0) is 24.3 Å². The largest absolute Gasteiger partial charge is 0.515 e. The molecule has 2 rings (SSSR count). The highest BCUT2D eigenvalue weighted by atomic mass is 16.2. The van der Waals surface area contributed by atoms with Crippen molar-refractivity contribution in [2.24, 2.45) is 0 Å². The lowest BCUT2D eigenvalue weighted by atomic mass is 10.2. The molecule has 98 valence electrons. The van der Waals surface area contributed by atoms with E-state index >= 15 is 0 Å². The number of hydrogen-bond donors (Lipinski definition) is 2. The molecule has 0 aliphatic carbocycles. The number of anilines is 2. The molecular weight excluding hydrogens is 248 g/mol. The molecule has 1 aromatic rings. The van der Waals surface area contributed by atoms with Crippen molar-refractivity contribution in [3.05, 3.63) is 36.1 Å². The minimum absolute atomic E-state index is 0.0925. The van der Waals surface area contributed by atoms with E-state index in [-0.39, 0.29) is 18.0 Å². The van der Waals surface area contributed by atoms with Gasteiger partial charge in [0.25, 0.3) is 5.91 Å². The van der Waals surface area contributed by atoms with Crippen LogP contribution in [0, 0.1) is 0 Å². The van der Waals surface area contributed by atoms with Gasteiger partial charge in [-0.2, -0.15) is 0 Å². The van der Waals surface area contributed by atoms with Crippen LogP contribution in [0.3, 0.4) is 0 Å². The van der Waals surface area contributed by atoms with Gasteiger partial charge in [0.2, 0.25) is 5.91 Å². The second-order valence-electron chi connectivity index (χ2n) is 4.09. The molecule has 1 aromatic carbocycles. The predicted octanol–water partition coefficient (Wildman–Crippen LogP) is 1.00. The van der Waals surface area contributed by atoms with Crippen molar-refractivity contribution in [2.75, 3.05) is 16.8 Å². The van der Waals surface area contributed by atoms with Gasteiger partial charge in [-0.1, -0.05) is 0 Å². The summed E-state index contributed by atoms with van der Waals surface area (Å²) in [6.07, 6.45) is 0.538. The Labute approximate surface area is 109 Å². The number of ketones is 1. The summed E-state index contributed by atoms with van der Waals surface area (Å²) in [6.45, 7) is 1.31. The van der Waals surface area contributed by atoms with E-state index < -0.39 is 11.7 Å². The molecule has 1 fully saturated rings. The van der Waals surface area contributed by atoms with E-state index in [1.807, 2.05) is 0 Å². The molecule has 1 saturated heterocycles. The average Bonchev–Trinajstić information content (AvgIpc) is 2.64. The summed E-state index contributed by atoms with van der Waals surface area (Å²) in [6, 6.07) is 6.51. The number of Topliss-reactive ketones (excluding diaryl/α,β-unsaturated/α-hetero) is 1. The molecule has 2 amide bonds. The summed E-state index contributed by atoms with van der Waals surface area (Å²) in [5, 5.41) is 11.4. The van der Waals surface area contributed by atoms with E-state index in [0.717, 1.165) is 0 Å². The number of rotatable bonds is 2. The Morgan fingerprint density at radius 1 is 1.32 bits per heavy atom. The first kappa shape index (κ1) is 12.8. The Bertz CT molecular complexity index is 575. The first-order valence-electron chi connectivity index (χ1n) is 5.60. The van der Waals surface area contributed by atoms with Crippen LogP contribution in [0.25, 0.3) is 0 Å². The van der Waals surface area contributed by atoms with Crippen LogP contribution in [0.5, 0.6) is 0 Å². The molecule has 6 nitrogen and oxygen atoms in total. The molecule has 0 unspecified atom stereocenters. The van der Waals surface area contributed by atoms with Crippen molar-refractivity contribution < 1.29 is 19.5 Å². The minimum Gasteiger partial charge on any atom is -0.515 e. The Morgan fingerprint density at radius 3 is 2.42 bits per heavy atom. The Balaban J connectivity index is 2.22. The number of amides is 2. The zero-order chi connectivity index (χ0) is 14.0. The Hall–Kier alpha value is -2.63. The Morgan fingerprint density at radius 2 is 1.95 bits per heavy atom. The smallest absolute Gasteiger partial charge is 0.265 e. The van der Waals surface area contributed by atoms with Crippen molar-refractivity contribution in [2.45, 2.75) is 6.92 Å². The number of benzene rings is 1. The number of carbonyl (C=O) groups is 3. The molecule has 0 saturated carbocycles. The van der Waals surface area contributed by atoms with Gasteiger partial charge < -0.3 is 15.3 Å². The average molecular weight is 260 g/mol. The number of nitrogens with zero attached hydrogens (tertiary/aromatic N) is 1. The summed E-state index contributed by atoms with van der Waals surface area (Å²) in [5.74, 6) is -1.14. The first-order chi connectivity index (χ1) is 9.02. The zero-order valence-corrected chi connectivity index (χ0v) is 10.2. The lowest BCUT2D eigenvalue weighted by molar-refractivity contribution is -0.116.